The van der Waals surface area contributed by atoms with E-state index in [0.717, 1.165) is 0 Å². The molecule has 1 aliphatic rings. The maximum absolute atomic E-state index is 11.1. The van der Waals surface area contributed by atoms with Gasteiger partial charge < -0.3 is 4.90 Å². The summed E-state index contributed by atoms with van der Waals surface area (Å²) >= 11 is 0. The molecule has 70 valence electrons. The van der Waals surface area contributed by atoms with Gasteiger partial charge in [0, 0.05) is 7.05 Å². The van der Waals surface area contributed by atoms with Crippen LogP contribution in [0.5, 0.6) is 0 Å². The van der Waals surface area contributed by atoms with Gasteiger partial charge in [0.15, 0.2) is 9.84 Å². The molecule has 1 rings (SSSR count). The summed E-state index contributed by atoms with van der Waals surface area (Å²) in [6, 6.07) is 0. The van der Waals surface area contributed by atoms with Crippen molar-refractivity contribution in [3.63, 3.8) is 0 Å². The van der Waals surface area contributed by atoms with Crippen molar-refractivity contribution in [1.82, 2.24) is 4.90 Å². The third-order valence-corrected chi connectivity index (χ3v) is 4.38. The van der Waals surface area contributed by atoms with Gasteiger partial charge in [-0.25, -0.2) is 8.42 Å². The van der Waals surface area contributed by atoms with Crippen LogP contribution in [0.4, 0.5) is 0 Å². The largest absolute Gasteiger partial charge is 0.342 e. The lowest BCUT2D eigenvalue weighted by molar-refractivity contribution is -0.120. The molecule has 0 unspecified atom stereocenters. The summed E-state index contributed by atoms with van der Waals surface area (Å²) in [5, 5.41) is 0. The molecule has 1 saturated heterocycles. The lowest BCUT2D eigenvalue weighted by atomic mass is 10.0. The molecule has 0 radical (unpaired) electrons. The van der Waals surface area contributed by atoms with Crippen molar-refractivity contribution in [1.29, 1.82) is 0 Å². The van der Waals surface area contributed by atoms with Crippen molar-refractivity contribution in [2.75, 3.05) is 18.6 Å². The third kappa shape index (κ3) is 1.60. The van der Waals surface area contributed by atoms with Gasteiger partial charge in [-0.3, -0.25) is 4.79 Å². The maximum atomic E-state index is 11.1. The van der Waals surface area contributed by atoms with Crippen molar-refractivity contribution >= 4 is 16.2 Å². The smallest absolute Gasteiger partial charge is 0.209 e. The van der Waals surface area contributed by atoms with Crippen LogP contribution < -0.4 is 0 Å². The fraction of sp³-hybridized carbons (Fsp3) is 0.857. The predicted molar refractivity (Wildman–Crippen MR) is 45.5 cm³/mol. The number of rotatable bonds is 2. The van der Waals surface area contributed by atoms with E-state index in [1.54, 1.807) is 14.0 Å². The highest BCUT2D eigenvalue weighted by atomic mass is 32.2. The highest BCUT2D eigenvalue weighted by Crippen LogP contribution is 2.27. The molecule has 0 aromatic heterocycles. The van der Waals surface area contributed by atoms with E-state index >= 15 is 0 Å². The van der Waals surface area contributed by atoms with Gasteiger partial charge in [-0.2, -0.15) is 0 Å². The first kappa shape index (κ1) is 9.51. The Morgan fingerprint density at radius 2 is 2.08 bits per heavy atom. The van der Waals surface area contributed by atoms with E-state index in [0.29, 0.717) is 12.8 Å². The quantitative estimate of drug-likeness (QED) is 0.561. The number of sulfone groups is 1. The second-order valence-electron chi connectivity index (χ2n) is 3.56. The van der Waals surface area contributed by atoms with Gasteiger partial charge in [0.05, 0.1) is 17.0 Å². The molecule has 0 bridgehead atoms. The molecule has 1 fully saturated rings. The van der Waals surface area contributed by atoms with E-state index in [2.05, 4.69) is 0 Å². The Bertz CT molecular complexity index is 285. The Balaban J connectivity index is 2.84. The molecule has 4 nitrogen and oxygen atoms in total. The summed E-state index contributed by atoms with van der Waals surface area (Å²) in [5.74, 6) is 0.289. The highest BCUT2D eigenvalue weighted by molar-refractivity contribution is 7.91. The van der Waals surface area contributed by atoms with Crippen LogP contribution in [0, 0.1) is 0 Å². The molecule has 1 heterocycles. The summed E-state index contributed by atoms with van der Waals surface area (Å²) in [6.07, 6.45) is 1.23. The number of carbonyl (C=O) groups excluding carboxylic acids is 1. The van der Waals surface area contributed by atoms with Gasteiger partial charge in [-0.05, 0) is 13.3 Å². The molecule has 0 spiro atoms. The molecular weight excluding hydrogens is 178 g/mol. The second-order valence-corrected chi connectivity index (χ2v) is 5.74. The number of hydrogen-bond acceptors (Lipinski definition) is 3. The van der Waals surface area contributed by atoms with E-state index in [9.17, 15) is 13.2 Å². The third-order valence-electron chi connectivity index (χ3n) is 2.49. The van der Waals surface area contributed by atoms with Crippen LogP contribution in [-0.4, -0.2) is 43.8 Å². The minimum absolute atomic E-state index is 0.0925. The van der Waals surface area contributed by atoms with Gasteiger partial charge in [0.1, 0.15) is 0 Å². The van der Waals surface area contributed by atoms with Gasteiger partial charge >= 0.3 is 0 Å². The Morgan fingerprint density at radius 1 is 1.50 bits per heavy atom. The van der Waals surface area contributed by atoms with Crippen LogP contribution >= 0.6 is 0 Å². The minimum Gasteiger partial charge on any atom is -0.342 e. The molecular formula is C7H13NO3S. The van der Waals surface area contributed by atoms with Crippen LogP contribution in [0.15, 0.2) is 0 Å². The molecule has 0 aliphatic carbocycles. The van der Waals surface area contributed by atoms with Gasteiger partial charge in [-0.1, -0.05) is 0 Å². The summed E-state index contributed by atoms with van der Waals surface area (Å²) in [5.41, 5.74) is -0.486. The number of amides is 1. The van der Waals surface area contributed by atoms with Crippen molar-refractivity contribution in [3.05, 3.63) is 0 Å². The molecule has 0 aromatic carbocycles. The Kier molecular flexibility index (Phi) is 2.16. The summed E-state index contributed by atoms with van der Waals surface area (Å²) < 4.78 is 22.2. The summed E-state index contributed by atoms with van der Waals surface area (Å²) in [6.45, 7) is 1.80. The lowest BCUT2D eigenvalue weighted by Crippen LogP contribution is -2.43. The van der Waals surface area contributed by atoms with Gasteiger partial charge in [0.25, 0.3) is 0 Å². The van der Waals surface area contributed by atoms with Crippen LogP contribution in [0.2, 0.25) is 0 Å². The first-order chi connectivity index (χ1) is 5.40. The number of carbonyl (C=O) groups is 1. The normalized spacial score (nSPS) is 33.2. The number of hydrogen-bond donors (Lipinski definition) is 0. The number of nitrogens with zero attached hydrogens (tertiary/aromatic N) is 1. The monoisotopic (exact) mass is 191 g/mol. The van der Waals surface area contributed by atoms with Crippen molar-refractivity contribution in [2.24, 2.45) is 0 Å². The Morgan fingerprint density at radius 3 is 2.42 bits per heavy atom. The summed E-state index contributed by atoms with van der Waals surface area (Å²) in [4.78, 5) is 11.9. The van der Waals surface area contributed by atoms with Crippen LogP contribution in [0.3, 0.4) is 0 Å². The van der Waals surface area contributed by atoms with Crippen LogP contribution in [0.1, 0.15) is 13.3 Å². The SMILES string of the molecule is CN(C=O)[C@]1(C)CCS(=O)(=O)C1. The van der Waals surface area contributed by atoms with Crippen molar-refractivity contribution < 1.29 is 13.2 Å². The highest BCUT2D eigenvalue weighted by Gasteiger charge is 2.40. The Labute approximate surface area is 72.5 Å². The molecule has 0 N–H and O–H groups in total. The predicted octanol–water partition coefficient (Wildman–Crippen LogP) is -0.348. The van der Waals surface area contributed by atoms with Gasteiger partial charge in [0.2, 0.25) is 6.41 Å². The van der Waals surface area contributed by atoms with Crippen LogP contribution in [0.25, 0.3) is 0 Å². The van der Waals surface area contributed by atoms with Crippen molar-refractivity contribution in [3.8, 4) is 0 Å². The fourth-order valence-electron chi connectivity index (χ4n) is 1.40. The van der Waals surface area contributed by atoms with E-state index in [4.69, 9.17) is 0 Å². The molecule has 5 heteroatoms. The van der Waals surface area contributed by atoms with Crippen LogP contribution in [-0.2, 0) is 14.6 Å². The molecule has 0 saturated carbocycles. The molecule has 1 aliphatic heterocycles. The molecule has 1 amide bonds. The molecule has 1 atom stereocenters. The average Bonchev–Trinajstić information content (AvgIpc) is 2.25. The lowest BCUT2D eigenvalue weighted by Gasteiger charge is -2.30. The van der Waals surface area contributed by atoms with E-state index in [1.165, 1.54) is 4.90 Å². The first-order valence-corrected chi connectivity index (χ1v) is 5.60. The zero-order valence-corrected chi connectivity index (χ0v) is 8.10. The average molecular weight is 191 g/mol. The topological polar surface area (TPSA) is 54.5 Å². The minimum atomic E-state index is -2.91. The first-order valence-electron chi connectivity index (χ1n) is 3.78. The zero-order chi connectivity index (χ0) is 9.41. The second kappa shape index (κ2) is 2.73. The van der Waals surface area contributed by atoms with E-state index < -0.39 is 15.4 Å². The molecule has 0 aromatic rings. The zero-order valence-electron chi connectivity index (χ0n) is 7.28. The van der Waals surface area contributed by atoms with E-state index in [-0.39, 0.29) is 11.5 Å². The van der Waals surface area contributed by atoms with Crippen molar-refractivity contribution in [2.45, 2.75) is 18.9 Å². The maximum Gasteiger partial charge on any atom is 0.209 e. The fourth-order valence-corrected chi connectivity index (χ4v) is 3.59. The Hall–Kier alpha value is -0.580. The standard InChI is InChI=1S/C7H13NO3S/c1-7(8(2)6-9)3-4-12(10,11)5-7/h6H,3-5H2,1-2H3/t7-/m1/s1. The van der Waals surface area contributed by atoms with Gasteiger partial charge in [-0.15, -0.1) is 0 Å². The van der Waals surface area contributed by atoms with E-state index in [1.807, 2.05) is 0 Å². The summed E-state index contributed by atoms with van der Waals surface area (Å²) in [7, 11) is -1.29. The molecule has 12 heavy (non-hydrogen) atoms.